The van der Waals surface area contributed by atoms with Gasteiger partial charge in [-0.15, -0.1) is 0 Å². The number of hydrogen-bond acceptors (Lipinski definition) is 4. The Kier molecular flexibility index (Phi) is 7.26. The molecule has 1 aliphatic heterocycles. The highest BCUT2D eigenvalue weighted by Crippen LogP contribution is 2.23. The number of halogens is 1. The Morgan fingerprint density at radius 3 is 2.87 bits per heavy atom. The number of nitrogens with zero attached hydrogens (tertiary/aromatic N) is 3. The van der Waals surface area contributed by atoms with Crippen LogP contribution in [0.25, 0.3) is 0 Å². The monoisotopic (exact) mass is 413 g/mol. The quantitative estimate of drug-likeness (QED) is 0.563. The first-order chi connectivity index (χ1) is 14.4. The van der Waals surface area contributed by atoms with Crippen molar-refractivity contribution in [1.29, 1.82) is 0 Å². The average molecular weight is 414 g/mol. The predicted octanol–water partition coefficient (Wildman–Crippen LogP) is 3.09. The number of rotatable bonds is 6. The van der Waals surface area contributed by atoms with Crippen LogP contribution in [-0.4, -0.2) is 50.3 Å². The summed E-state index contributed by atoms with van der Waals surface area (Å²) in [6, 6.07) is 10.9. The molecule has 1 unspecified atom stereocenters. The third-order valence-corrected chi connectivity index (χ3v) is 5.36. The van der Waals surface area contributed by atoms with Crippen LogP contribution in [0.15, 0.2) is 47.6 Å². The molecule has 2 heterocycles. The highest BCUT2D eigenvalue weighted by atomic mass is 19.1. The Balaban J connectivity index is 1.56. The first-order valence-corrected chi connectivity index (χ1v) is 10.4. The second-order valence-corrected chi connectivity index (χ2v) is 8.32. The fourth-order valence-electron chi connectivity index (χ4n) is 3.49. The minimum absolute atomic E-state index is 0.215. The summed E-state index contributed by atoms with van der Waals surface area (Å²) in [4.78, 5) is 11.1. The van der Waals surface area contributed by atoms with E-state index in [0.717, 1.165) is 36.6 Å². The van der Waals surface area contributed by atoms with Crippen LogP contribution in [0.4, 0.5) is 10.2 Å². The Hall–Kier alpha value is -2.67. The molecule has 7 heteroatoms. The molecule has 1 aliphatic rings. The minimum atomic E-state index is -0.240. The van der Waals surface area contributed by atoms with Crippen molar-refractivity contribution in [2.75, 3.05) is 38.2 Å². The summed E-state index contributed by atoms with van der Waals surface area (Å²) in [6.07, 6.45) is 2.06. The molecule has 0 amide bonds. The van der Waals surface area contributed by atoms with Gasteiger partial charge in [0.1, 0.15) is 11.6 Å². The maximum atomic E-state index is 13.6. The van der Waals surface area contributed by atoms with Gasteiger partial charge in [-0.25, -0.2) is 9.37 Å². The van der Waals surface area contributed by atoms with Gasteiger partial charge in [-0.1, -0.05) is 26.0 Å². The van der Waals surface area contributed by atoms with Crippen LogP contribution in [0.1, 0.15) is 31.9 Å². The van der Waals surface area contributed by atoms with Gasteiger partial charge in [0, 0.05) is 44.8 Å². The third-order valence-electron chi connectivity index (χ3n) is 5.36. The van der Waals surface area contributed by atoms with Gasteiger partial charge in [-0.05, 0) is 42.3 Å². The summed E-state index contributed by atoms with van der Waals surface area (Å²) in [5.74, 6) is 1.46. The Bertz CT molecular complexity index is 870. The molecule has 0 saturated carbocycles. The fourth-order valence-corrected chi connectivity index (χ4v) is 3.49. The second kappa shape index (κ2) is 9.89. The van der Waals surface area contributed by atoms with Gasteiger partial charge in [0.05, 0.1) is 12.7 Å². The van der Waals surface area contributed by atoms with Gasteiger partial charge in [0.25, 0.3) is 0 Å². The molecule has 0 radical (unpaired) electrons. The molecule has 1 atom stereocenters. The van der Waals surface area contributed by atoms with Gasteiger partial charge in [0.2, 0.25) is 0 Å². The number of morpholine rings is 1. The molecule has 2 aromatic rings. The minimum Gasteiger partial charge on any atom is -0.375 e. The van der Waals surface area contributed by atoms with Crippen molar-refractivity contribution in [3.63, 3.8) is 0 Å². The van der Waals surface area contributed by atoms with Gasteiger partial charge < -0.3 is 20.3 Å². The Labute approximate surface area is 178 Å². The largest absolute Gasteiger partial charge is 0.375 e. The fraction of sp³-hybridized carbons (Fsp3) is 0.478. The normalized spacial score (nSPS) is 17.7. The Morgan fingerprint density at radius 2 is 2.13 bits per heavy atom. The number of ether oxygens (including phenoxy) is 1. The number of anilines is 1. The molecular formula is C23H32FN5O. The van der Waals surface area contributed by atoms with Crippen molar-refractivity contribution >= 4 is 11.8 Å². The zero-order valence-corrected chi connectivity index (χ0v) is 18.3. The molecule has 1 aromatic heterocycles. The number of aliphatic imine (C=N–C) groups is 1. The maximum absolute atomic E-state index is 13.6. The first-order valence-electron chi connectivity index (χ1n) is 10.4. The smallest absolute Gasteiger partial charge is 0.191 e. The summed E-state index contributed by atoms with van der Waals surface area (Å²) in [7, 11) is 1.75. The molecule has 1 aromatic carbocycles. The topological polar surface area (TPSA) is 61.8 Å². The highest BCUT2D eigenvalue weighted by Gasteiger charge is 2.21. The van der Waals surface area contributed by atoms with Gasteiger partial charge in [0.15, 0.2) is 5.96 Å². The number of aromatic nitrogens is 1. The number of benzene rings is 1. The van der Waals surface area contributed by atoms with Crippen molar-refractivity contribution in [3.8, 4) is 0 Å². The molecule has 30 heavy (non-hydrogen) atoms. The maximum Gasteiger partial charge on any atom is 0.191 e. The lowest BCUT2D eigenvalue weighted by Crippen LogP contribution is -2.43. The zero-order valence-electron chi connectivity index (χ0n) is 18.3. The molecule has 0 bridgehead atoms. The summed E-state index contributed by atoms with van der Waals surface area (Å²) in [6.45, 7) is 9.94. The number of hydrogen-bond donors (Lipinski definition) is 2. The Morgan fingerprint density at radius 1 is 1.30 bits per heavy atom. The summed E-state index contributed by atoms with van der Waals surface area (Å²) in [5.41, 5.74) is 1.84. The van der Waals surface area contributed by atoms with E-state index in [-0.39, 0.29) is 17.3 Å². The van der Waals surface area contributed by atoms with E-state index < -0.39 is 0 Å². The van der Waals surface area contributed by atoms with Crippen LogP contribution in [0, 0.1) is 5.82 Å². The van der Waals surface area contributed by atoms with Crippen molar-refractivity contribution in [2.24, 2.45) is 4.99 Å². The molecule has 1 fully saturated rings. The van der Waals surface area contributed by atoms with E-state index in [9.17, 15) is 4.39 Å². The number of nitrogens with one attached hydrogen (secondary N) is 2. The SMILES string of the molecule is CN=C(NCc1ccnc(N2CCOC(C)C2)c1)NCC(C)(C)c1cccc(F)c1. The number of pyridine rings is 1. The van der Waals surface area contributed by atoms with Crippen molar-refractivity contribution in [3.05, 3.63) is 59.5 Å². The van der Waals surface area contributed by atoms with Crippen molar-refractivity contribution < 1.29 is 9.13 Å². The number of guanidine groups is 1. The summed E-state index contributed by atoms with van der Waals surface area (Å²) in [5, 5.41) is 6.71. The van der Waals surface area contributed by atoms with Crippen LogP contribution in [-0.2, 0) is 16.7 Å². The van der Waals surface area contributed by atoms with Crippen LogP contribution in [0.5, 0.6) is 0 Å². The molecule has 0 aliphatic carbocycles. The predicted molar refractivity (Wildman–Crippen MR) is 119 cm³/mol. The van der Waals surface area contributed by atoms with Crippen molar-refractivity contribution in [2.45, 2.75) is 38.8 Å². The molecule has 2 N–H and O–H groups in total. The van der Waals surface area contributed by atoms with Crippen molar-refractivity contribution in [1.82, 2.24) is 15.6 Å². The van der Waals surface area contributed by atoms with E-state index in [1.54, 1.807) is 19.2 Å². The van der Waals surface area contributed by atoms with Crippen LogP contribution in [0.3, 0.4) is 0 Å². The zero-order chi connectivity index (χ0) is 21.6. The third kappa shape index (κ3) is 5.92. The summed E-state index contributed by atoms with van der Waals surface area (Å²) >= 11 is 0. The first kappa shape index (κ1) is 22.0. The van der Waals surface area contributed by atoms with Crippen LogP contribution >= 0.6 is 0 Å². The van der Waals surface area contributed by atoms with E-state index >= 15 is 0 Å². The second-order valence-electron chi connectivity index (χ2n) is 8.32. The van der Waals surface area contributed by atoms with Gasteiger partial charge in [-0.3, -0.25) is 4.99 Å². The van der Waals surface area contributed by atoms with E-state index in [2.05, 4.69) is 52.3 Å². The molecule has 0 spiro atoms. The van der Waals surface area contributed by atoms with E-state index in [1.807, 2.05) is 18.3 Å². The lowest BCUT2D eigenvalue weighted by Gasteiger charge is -2.32. The summed E-state index contributed by atoms with van der Waals surface area (Å²) < 4.78 is 19.2. The molecule has 6 nitrogen and oxygen atoms in total. The standard InChI is InChI=1S/C23H32FN5O/c1-17-15-29(10-11-30-17)21-12-18(8-9-26-21)14-27-22(25-4)28-16-23(2,3)19-6-5-7-20(24)13-19/h5-9,12-13,17H,10-11,14-16H2,1-4H3,(H2,25,27,28). The van der Waals surface area contributed by atoms with Gasteiger partial charge >= 0.3 is 0 Å². The van der Waals surface area contributed by atoms with E-state index in [4.69, 9.17) is 4.74 Å². The molecule has 1 saturated heterocycles. The van der Waals surface area contributed by atoms with Crippen LogP contribution in [0.2, 0.25) is 0 Å². The van der Waals surface area contributed by atoms with E-state index in [1.165, 1.54) is 6.07 Å². The highest BCUT2D eigenvalue weighted by molar-refractivity contribution is 5.79. The lowest BCUT2D eigenvalue weighted by molar-refractivity contribution is 0.0529. The lowest BCUT2D eigenvalue weighted by atomic mass is 9.84. The molecular weight excluding hydrogens is 381 g/mol. The van der Waals surface area contributed by atoms with Gasteiger partial charge in [-0.2, -0.15) is 0 Å². The van der Waals surface area contributed by atoms with E-state index in [0.29, 0.717) is 19.0 Å². The molecule has 3 rings (SSSR count). The average Bonchev–Trinajstić information content (AvgIpc) is 2.74. The van der Waals surface area contributed by atoms with Crippen LogP contribution < -0.4 is 15.5 Å². The molecule has 162 valence electrons.